The lowest BCUT2D eigenvalue weighted by atomic mass is 9.93. The topological polar surface area (TPSA) is 75.4 Å². The van der Waals surface area contributed by atoms with E-state index in [4.69, 9.17) is 5.73 Å². The molecule has 3 unspecified atom stereocenters. The van der Waals surface area contributed by atoms with Crippen molar-refractivity contribution in [2.75, 3.05) is 19.6 Å². The Hall–Kier alpha value is -1.10. The van der Waals surface area contributed by atoms with Gasteiger partial charge in [-0.2, -0.15) is 0 Å². The van der Waals surface area contributed by atoms with Gasteiger partial charge in [-0.05, 0) is 38.0 Å². The van der Waals surface area contributed by atoms with Crippen LogP contribution in [0.25, 0.3) is 0 Å². The number of nitrogens with two attached hydrogens (primary N) is 1. The minimum Gasteiger partial charge on any atom is -0.355 e. The summed E-state index contributed by atoms with van der Waals surface area (Å²) < 4.78 is 0. The Bertz CT molecular complexity index is 417. The summed E-state index contributed by atoms with van der Waals surface area (Å²) in [6.45, 7) is 8.06. The molecule has 3 N–H and O–H groups in total. The SMILES string of the molecule is CC(C)(C)C(=O)NCC1CCCN(C(=O)C2CCC(N)C2)C1. The lowest BCUT2D eigenvalue weighted by molar-refractivity contribution is -0.137. The van der Waals surface area contributed by atoms with Crippen LogP contribution >= 0.6 is 0 Å². The van der Waals surface area contributed by atoms with E-state index in [-0.39, 0.29) is 29.2 Å². The second-order valence-corrected chi connectivity index (χ2v) is 8.02. The number of hydrogen-bond donors (Lipinski definition) is 2. The molecule has 2 fully saturated rings. The minimum atomic E-state index is -0.357. The third-order valence-corrected chi connectivity index (χ3v) is 4.89. The summed E-state index contributed by atoms with van der Waals surface area (Å²) in [5.41, 5.74) is 5.57. The van der Waals surface area contributed by atoms with Gasteiger partial charge < -0.3 is 16.0 Å². The highest BCUT2D eigenvalue weighted by atomic mass is 16.2. The largest absolute Gasteiger partial charge is 0.355 e. The lowest BCUT2D eigenvalue weighted by Gasteiger charge is -2.35. The first-order valence-electron chi connectivity index (χ1n) is 8.60. The molecule has 2 aliphatic rings. The number of nitrogens with zero attached hydrogens (tertiary/aromatic N) is 1. The molecule has 1 saturated heterocycles. The standard InChI is InChI=1S/C17H31N3O2/c1-17(2,3)16(22)19-10-12-5-4-8-20(11-12)15(21)13-6-7-14(18)9-13/h12-14H,4-11,18H2,1-3H3,(H,19,22). The molecule has 0 aromatic carbocycles. The number of carbonyl (C=O) groups excluding carboxylic acids is 2. The fourth-order valence-corrected chi connectivity index (χ4v) is 3.43. The second-order valence-electron chi connectivity index (χ2n) is 8.02. The Morgan fingerprint density at radius 1 is 1.23 bits per heavy atom. The number of nitrogens with one attached hydrogen (secondary N) is 1. The van der Waals surface area contributed by atoms with Crippen LogP contribution in [-0.2, 0) is 9.59 Å². The van der Waals surface area contributed by atoms with E-state index in [2.05, 4.69) is 5.32 Å². The predicted octanol–water partition coefficient (Wildman–Crippen LogP) is 1.51. The zero-order valence-electron chi connectivity index (χ0n) is 14.2. The fourth-order valence-electron chi connectivity index (χ4n) is 3.43. The maximum absolute atomic E-state index is 12.6. The van der Waals surface area contributed by atoms with Gasteiger partial charge in [0.1, 0.15) is 0 Å². The molecule has 0 aromatic heterocycles. The van der Waals surface area contributed by atoms with Gasteiger partial charge in [0.15, 0.2) is 0 Å². The van der Waals surface area contributed by atoms with Crippen LogP contribution in [0.15, 0.2) is 0 Å². The fraction of sp³-hybridized carbons (Fsp3) is 0.882. The van der Waals surface area contributed by atoms with Crippen molar-refractivity contribution in [3.8, 4) is 0 Å². The van der Waals surface area contributed by atoms with Crippen molar-refractivity contribution in [2.24, 2.45) is 23.0 Å². The molecule has 0 radical (unpaired) electrons. The zero-order chi connectivity index (χ0) is 16.3. The Balaban J connectivity index is 1.81. The number of amides is 2. The first-order valence-corrected chi connectivity index (χ1v) is 8.60. The molecule has 5 heteroatoms. The summed E-state index contributed by atoms with van der Waals surface area (Å²) in [5.74, 6) is 0.856. The first kappa shape index (κ1) is 17.3. The van der Waals surface area contributed by atoms with Crippen LogP contribution in [0.2, 0.25) is 0 Å². The van der Waals surface area contributed by atoms with E-state index < -0.39 is 0 Å². The minimum absolute atomic E-state index is 0.0812. The van der Waals surface area contributed by atoms with Crippen LogP contribution in [-0.4, -0.2) is 42.4 Å². The average Bonchev–Trinajstić information content (AvgIpc) is 2.89. The Morgan fingerprint density at radius 2 is 1.95 bits per heavy atom. The smallest absolute Gasteiger partial charge is 0.225 e. The summed E-state index contributed by atoms with van der Waals surface area (Å²) in [6.07, 6.45) is 4.84. The van der Waals surface area contributed by atoms with E-state index in [1.54, 1.807) is 0 Å². The highest BCUT2D eigenvalue weighted by Gasteiger charge is 2.33. The second kappa shape index (κ2) is 6.99. The van der Waals surface area contributed by atoms with Crippen LogP contribution in [0, 0.1) is 17.3 Å². The van der Waals surface area contributed by atoms with Crippen LogP contribution in [0.4, 0.5) is 0 Å². The number of hydrogen-bond acceptors (Lipinski definition) is 3. The van der Waals surface area contributed by atoms with Crippen molar-refractivity contribution in [3.05, 3.63) is 0 Å². The van der Waals surface area contributed by atoms with E-state index in [1.807, 2.05) is 25.7 Å². The van der Waals surface area contributed by atoms with E-state index in [1.165, 1.54) is 0 Å². The molecule has 126 valence electrons. The number of piperidine rings is 1. The number of likely N-dealkylation sites (tertiary alicyclic amines) is 1. The molecule has 5 nitrogen and oxygen atoms in total. The molecule has 0 bridgehead atoms. The van der Waals surface area contributed by atoms with E-state index in [9.17, 15) is 9.59 Å². The van der Waals surface area contributed by atoms with Crippen molar-refractivity contribution in [2.45, 2.75) is 58.9 Å². The highest BCUT2D eigenvalue weighted by molar-refractivity contribution is 5.81. The van der Waals surface area contributed by atoms with Gasteiger partial charge in [-0.1, -0.05) is 20.8 Å². The molecule has 2 amide bonds. The maximum Gasteiger partial charge on any atom is 0.225 e. The number of carbonyl (C=O) groups is 2. The first-order chi connectivity index (χ1) is 10.3. The van der Waals surface area contributed by atoms with Crippen molar-refractivity contribution in [3.63, 3.8) is 0 Å². The van der Waals surface area contributed by atoms with Crippen LogP contribution in [0.3, 0.4) is 0 Å². The average molecular weight is 309 g/mol. The van der Waals surface area contributed by atoms with Gasteiger partial charge in [0.2, 0.25) is 11.8 Å². The molecule has 0 spiro atoms. The normalized spacial score (nSPS) is 29.5. The summed E-state index contributed by atoms with van der Waals surface area (Å²) in [7, 11) is 0. The van der Waals surface area contributed by atoms with Crippen LogP contribution < -0.4 is 11.1 Å². The van der Waals surface area contributed by atoms with Gasteiger partial charge in [-0.15, -0.1) is 0 Å². The predicted molar refractivity (Wildman–Crippen MR) is 87.1 cm³/mol. The molecular weight excluding hydrogens is 278 g/mol. The van der Waals surface area contributed by atoms with E-state index >= 15 is 0 Å². The molecule has 2 rings (SSSR count). The van der Waals surface area contributed by atoms with Crippen molar-refractivity contribution < 1.29 is 9.59 Å². The third kappa shape index (κ3) is 4.45. The van der Waals surface area contributed by atoms with Gasteiger partial charge >= 0.3 is 0 Å². The van der Waals surface area contributed by atoms with Gasteiger partial charge in [-0.3, -0.25) is 9.59 Å². The van der Waals surface area contributed by atoms with Gasteiger partial charge in [0.25, 0.3) is 0 Å². The Labute approximate surface area is 134 Å². The molecule has 1 aliphatic carbocycles. The summed E-state index contributed by atoms with van der Waals surface area (Å²) in [6, 6.07) is 0.195. The monoisotopic (exact) mass is 309 g/mol. The molecule has 0 aromatic rings. The number of rotatable bonds is 3. The van der Waals surface area contributed by atoms with Crippen LogP contribution in [0.1, 0.15) is 52.9 Å². The molecule has 22 heavy (non-hydrogen) atoms. The Morgan fingerprint density at radius 3 is 2.55 bits per heavy atom. The van der Waals surface area contributed by atoms with Crippen molar-refractivity contribution in [1.82, 2.24) is 10.2 Å². The quantitative estimate of drug-likeness (QED) is 0.830. The molecule has 1 heterocycles. The summed E-state index contributed by atoms with van der Waals surface area (Å²) >= 11 is 0. The molecule has 3 atom stereocenters. The third-order valence-electron chi connectivity index (χ3n) is 4.89. The van der Waals surface area contributed by atoms with Crippen LogP contribution in [0.5, 0.6) is 0 Å². The van der Waals surface area contributed by atoms with Crippen molar-refractivity contribution in [1.29, 1.82) is 0 Å². The van der Waals surface area contributed by atoms with Gasteiger partial charge in [0, 0.05) is 37.0 Å². The highest BCUT2D eigenvalue weighted by Crippen LogP contribution is 2.28. The lowest BCUT2D eigenvalue weighted by Crippen LogP contribution is -2.46. The molecule has 1 aliphatic heterocycles. The molecular formula is C17H31N3O2. The van der Waals surface area contributed by atoms with Crippen molar-refractivity contribution >= 4 is 11.8 Å². The summed E-state index contributed by atoms with van der Waals surface area (Å²) in [4.78, 5) is 26.5. The van der Waals surface area contributed by atoms with Gasteiger partial charge in [0.05, 0.1) is 0 Å². The van der Waals surface area contributed by atoms with E-state index in [0.29, 0.717) is 12.5 Å². The maximum atomic E-state index is 12.6. The van der Waals surface area contributed by atoms with Gasteiger partial charge in [-0.25, -0.2) is 0 Å². The van der Waals surface area contributed by atoms with E-state index in [0.717, 1.165) is 45.2 Å². The summed E-state index contributed by atoms with van der Waals surface area (Å²) in [5, 5.41) is 3.03. The zero-order valence-corrected chi connectivity index (χ0v) is 14.2. The molecule has 1 saturated carbocycles. The Kier molecular flexibility index (Phi) is 5.48.